The van der Waals surface area contributed by atoms with Crippen molar-refractivity contribution in [3.8, 4) is 0 Å². The number of hydrogen-bond donors (Lipinski definition) is 3. The van der Waals surface area contributed by atoms with E-state index in [4.69, 9.17) is 9.90 Å². The summed E-state index contributed by atoms with van der Waals surface area (Å²) >= 11 is 0. The number of aliphatic hydroxyl groups is 1. The van der Waals surface area contributed by atoms with Crippen LogP contribution in [0.2, 0.25) is 0 Å². The smallest absolute Gasteiger partial charge is 0.290 e. The molecule has 32 heavy (non-hydrogen) atoms. The molecule has 4 rings (SSSR count). The van der Waals surface area contributed by atoms with Gasteiger partial charge in [0.25, 0.3) is 12.4 Å². The minimum Gasteiger partial charge on any atom is -0.483 e. The highest BCUT2D eigenvalue weighted by molar-refractivity contribution is 5.94. The zero-order valence-electron chi connectivity index (χ0n) is 19.0. The summed E-state index contributed by atoms with van der Waals surface area (Å²) in [6, 6.07) is -0.312. The lowest BCUT2D eigenvalue weighted by Gasteiger charge is -2.38. The summed E-state index contributed by atoms with van der Waals surface area (Å²) in [5.74, 6) is -0.148. The molecule has 3 aliphatic rings. The number of nitrogens with zero attached hydrogens (tertiary/aromatic N) is 4. The van der Waals surface area contributed by atoms with E-state index < -0.39 is 6.10 Å². The monoisotopic (exact) mass is 449 g/mol. The van der Waals surface area contributed by atoms with Crippen molar-refractivity contribution in [3.63, 3.8) is 0 Å². The Balaban J connectivity index is 0.000000913. The summed E-state index contributed by atoms with van der Waals surface area (Å²) in [5, 5.41) is 25.1. The molecule has 10 heteroatoms. The van der Waals surface area contributed by atoms with Crippen molar-refractivity contribution in [1.82, 2.24) is 24.9 Å². The first-order valence-electron chi connectivity index (χ1n) is 11.4. The molecule has 0 bridgehead atoms. The fourth-order valence-electron chi connectivity index (χ4n) is 5.03. The molecule has 3 N–H and O–H groups in total. The van der Waals surface area contributed by atoms with Crippen LogP contribution in [0.4, 0.5) is 0 Å². The number of nitrogens with one attached hydrogen (secondary N) is 1. The van der Waals surface area contributed by atoms with Gasteiger partial charge in [-0.3, -0.25) is 19.1 Å². The maximum atomic E-state index is 12.9. The maximum absolute atomic E-state index is 12.9. The van der Waals surface area contributed by atoms with Crippen molar-refractivity contribution in [3.05, 3.63) is 17.0 Å². The molecule has 3 atom stereocenters. The molecule has 0 unspecified atom stereocenters. The molecule has 0 radical (unpaired) electrons. The second-order valence-electron chi connectivity index (χ2n) is 9.00. The standard InChI is InChI=1S/C21H33N5O3.CH2O2/c1-24-9-11-26(12-10-24)21(29)14-7-8-17(18(27)13-14)22-20(28)19-15-5-3-4-6-16(15)23-25(19)2;2-1-3/h14,17-18,27H,3-13H2,1-2H3,(H,22,28);1H,(H,2,3)/t14-,17-,18-;/m0./s1. The van der Waals surface area contributed by atoms with Crippen LogP contribution in [0.1, 0.15) is 53.8 Å². The van der Waals surface area contributed by atoms with Crippen LogP contribution in [-0.2, 0) is 29.5 Å². The van der Waals surface area contributed by atoms with Gasteiger partial charge in [0.1, 0.15) is 5.69 Å². The number of likely N-dealkylation sites (N-methyl/N-ethyl adjacent to an activating group) is 1. The molecule has 1 aromatic heterocycles. The third-order valence-corrected chi connectivity index (χ3v) is 6.83. The Morgan fingerprint density at radius 2 is 1.75 bits per heavy atom. The Morgan fingerprint density at radius 3 is 2.41 bits per heavy atom. The van der Waals surface area contributed by atoms with E-state index in [1.807, 2.05) is 11.9 Å². The fourth-order valence-corrected chi connectivity index (χ4v) is 5.03. The molecule has 0 aromatic carbocycles. The number of carbonyl (C=O) groups is 3. The SMILES string of the molecule is CN1CCN(C(=O)[C@H]2CC[C@H](NC(=O)c3c4c(nn3C)CCCC4)[C@@H](O)C2)CC1.O=CO. The number of carbonyl (C=O) groups excluding carboxylic acids is 2. The zero-order chi connectivity index (χ0) is 23.3. The molecule has 1 aliphatic heterocycles. The van der Waals surface area contributed by atoms with Gasteiger partial charge in [-0.1, -0.05) is 0 Å². The highest BCUT2D eigenvalue weighted by atomic mass is 16.3. The van der Waals surface area contributed by atoms with Crippen LogP contribution in [0.25, 0.3) is 0 Å². The predicted octanol–water partition coefficient (Wildman–Crippen LogP) is 0.0331. The van der Waals surface area contributed by atoms with Gasteiger partial charge in [-0.25, -0.2) is 0 Å². The molecule has 2 heterocycles. The average molecular weight is 450 g/mol. The lowest BCUT2D eigenvalue weighted by atomic mass is 9.82. The molecule has 10 nitrogen and oxygen atoms in total. The van der Waals surface area contributed by atoms with Crippen molar-refractivity contribution in [1.29, 1.82) is 0 Å². The van der Waals surface area contributed by atoms with Crippen LogP contribution in [0.3, 0.4) is 0 Å². The molecular weight excluding hydrogens is 414 g/mol. The van der Waals surface area contributed by atoms with Crippen molar-refractivity contribution in [2.75, 3.05) is 33.2 Å². The summed E-state index contributed by atoms with van der Waals surface area (Å²) in [4.78, 5) is 38.3. The Bertz CT molecular complexity index is 818. The number of aryl methyl sites for hydroxylation is 2. The lowest BCUT2D eigenvalue weighted by Crippen LogP contribution is -2.52. The van der Waals surface area contributed by atoms with Crippen molar-refractivity contribution in [2.45, 2.75) is 57.1 Å². The molecular formula is C22H35N5O5. The van der Waals surface area contributed by atoms with Gasteiger partial charge in [-0.2, -0.15) is 5.10 Å². The van der Waals surface area contributed by atoms with E-state index in [1.165, 1.54) is 0 Å². The fraction of sp³-hybridized carbons (Fsp3) is 0.727. The molecule has 1 saturated heterocycles. The van der Waals surface area contributed by atoms with Crippen LogP contribution >= 0.6 is 0 Å². The normalized spacial score (nSPS) is 25.8. The summed E-state index contributed by atoms with van der Waals surface area (Å²) in [6.45, 7) is 3.06. The number of amides is 2. The van der Waals surface area contributed by atoms with Gasteiger partial charge in [-0.15, -0.1) is 0 Å². The second kappa shape index (κ2) is 10.9. The summed E-state index contributed by atoms with van der Waals surface area (Å²) in [6.07, 6.45) is 5.07. The highest BCUT2D eigenvalue weighted by Crippen LogP contribution is 2.28. The molecule has 178 valence electrons. The predicted molar refractivity (Wildman–Crippen MR) is 117 cm³/mol. The van der Waals surface area contributed by atoms with E-state index in [0.717, 1.165) is 63.1 Å². The third-order valence-electron chi connectivity index (χ3n) is 6.83. The van der Waals surface area contributed by atoms with Gasteiger partial charge in [0.2, 0.25) is 5.91 Å². The number of fused-ring (bicyclic) bond motifs is 1. The molecule has 2 fully saturated rings. The maximum Gasteiger partial charge on any atom is 0.290 e. The van der Waals surface area contributed by atoms with E-state index in [2.05, 4.69) is 22.4 Å². The number of aliphatic hydroxyl groups excluding tert-OH is 1. The van der Waals surface area contributed by atoms with Crippen LogP contribution in [-0.4, -0.2) is 93.5 Å². The van der Waals surface area contributed by atoms with Crippen LogP contribution < -0.4 is 5.32 Å². The van der Waals surface area contributed by atoms with E-state index in [-0.39, 0.29) is 30.2 Å². The quantitative estimate of drug-likeness (QED) is 0.556. The first-order chi connectivity index (χ1) is 15.3. The number of carboxylic acid groups (broad SMARTS) is 1. The van der Waals surface area contributed by atoms with Crippen molar-refractivity contribution < 1.29 is 24.6 Å². The van der Waals surface area contributed by atoms with Gasteiger partial charge in [0, 0.05) is 44.7 Å². The minimum absolute atomic E-state index is 0.147. The number of aromatic nitrogens is 2. The molecule has 1 saturated carbocycles. The van der Waals surface area contributed by atoms with Gasteiger partial charge < -0.3 is 25.3 Å². The van der Waals surface area contributed by atoms with Crippen molar-refractivity contribution in [2.24, 2.45) is 13.0 Å². The highest BCUT2D eigenvalue weighted by Gasteiger charge is 2.37. The van der Waals surface area contributed by atoms with E-state index in [9.17, 15) is 14.7 Å². The molecule has 1 aromatic rings. The average Bonchev–Trinajstić information content (AvgIpc) is 3.11. The summed E-state index contributed by atoms with van der Waals surface area (Å²) in [7, 11) is 3.88. The number of hydrogen-bond acceptors (Lipinski definition) is 6. The largest absolute Gasteiger partial charge is 0.483 e. The van der Waals surface area contributed by atoms with Crippen LogP contribution in [0.5, 0.6) is 0 Å². The molecule has 0 spiro atoms. The number of piperazine rings is 1. The van der Waals surface area contributed by atoms with Gasteiger partial charge in [0.15, 0.2) is 0 Å². The third kappa shape index (κ3) is 5.47. The second-order valence-corrected chi connectivity index (χ2v) is 9.00. The van der Waals surface area contributed by atoms with Gasteiger partial charge in [0.05, 0.1) is 17.8 Å². The van der Waals surface area contributed by atoms with Gasteiger partial charge >= 0.3 is 0 Å². The van der Waals surface area contributed by atoms with E-state index in [0.29, 0.717) is 25.0 Å². The van der Waals surface area contributed by atoms with Crippen LogP contribution in [0, 0.1) is 5.92 Å². The first kappa shape index (κ1) is 24.2. The molecule has 2 amide bonds. The Labute approximate surface area is 188 Å². The lowest BCUT2D eigenvalue weighted by molar-refractivity contribution is -0.139. The summed E-state index contributed by atoms with van der Waals surface area (Å²) in [5.41, 5.74) is 2.72. The number of rotatable bonds is 3. The topological polar surface area (TPSA) is 128 Å². The van der Waals surface area contributed by atoms with Crippen molar-refractivity contribution >= 4 is 18.3 Å². The molecule has 2 aliphatic carbocycles. The van der Waals surface area contributed by atoms with E-state index >= 15 is 0 Å². The Hall–Kier alpha value is -2.46. The zero-order valence-corrected chi connectivity index (χ0v) is 19.0. The van der Waals surface area contributed by atoms with Gasteiger partial charge in [-0.05, 0) is 52.0 Å². The Morgan fingerprint density at radius 1 is 1.09 bits per heavy atom. The van der Waals surface area contributed by atoms with Crippen LogP contribution in [0.15, 0.2) is 0 Å². The Kier molecular flexibility index (Phi) is 8.25. The first-order valence-corrected chi connectivity index (χ1v) is 11.4. The van der Waals surface area contributed by atoms with E-state index in [1.54, 1.807) is 4.68 Å². The summed E-state index contributed by atoms with van der Waals surface area (Å²) < 4.78 is 1.68. The minimum atomic E-state index is -0.696.